The first-order valence-electron chi connectivity index (χ1n) is 8.16. The number of aromatic nitrogens is 4. The zero-order valence-electron chi connectivity index (χ0n) is 13.7. The van der Waals surface area contributed by atoms with Gasteiger partial charge in [0.25, 0.3) is 0 Å². The van der Waals surface area contributed by atoms with Crippen LogP contribution in [0.4, 0.5) is 24.8 Å². The molecule has 1 aliphatic heterocycles. The number of hydrogen-bond donors (Lipinski definition) is 0. The number of aryl methyl sites for hydroxylation is 2. The molecule has 1 fully saturated rings. The standard InChI is InChI=1S/C16H17F3N6/c1-24(14-6-5-13(21-22-14)16(17,18)19)11-8-25(9-11)15-7-10-3-2-4-12(10)20-23-15/h5-7,11H,2-4,8-9H2,1H3. The fraction of sp³-hybridized carbons (Fsp3) is 0.500. The van der Waals surface area contributed by atoms with E-state index in [0.29, 0.717) is 5.82 Å². The number of fused-ring (bicyclic) bond motifs is 1. The van der Waals surface area contributed by atoms with E-state index >= 15 is 0 Å². The lowest BCUT2D eigenvalue weighted by atomic mass is 10.1. The highest BCUT2D eigenvalue weighted by Gasteiger charge is 2.35. The quantitative estimate of drug-likeness (QED) is 0.845. The minimum absolute atomic E-state index is 0.154. The Labute approximate surface area is 142 Å². The summed E-state index contributed by atoms with van der Waals surface area (Å²) >= 11 is 0. The molecule has 6 nitrogen and oxygen atoms in total. The van der Waals surface area contributed by atoms with Crippen LogP contribution in [0.5, 0.6) is 0 Å². The van der Waals surface area contributed by atoms with Gasteiger partial charge in [-0.3, -0.25) is 0 Å². The van der Waals surface area contributed by atoms with Gasteiger partial charge in [-0.05, 0) is 43.0 Å². The van der Waals surface area contributed by atoms with E-state index in [1.807, 2.05) is 11.9 Å². The fourth-order valence-electron chi connectivity index (χ4n) is 3.21. The van der Waals surface area contributed by atoms with E-state index < -0.39 is 11.9 Å². The van der Waals surface area contributed by atoms with Gasteiger partial charge in [-0.15, -0.1) is 15.3 Å². The monoisotopic (exact) mass is 350 g/mol. The summed E-state index contributed by atoms with van der Waals surface area (Å²) in [7, 11) is 1.81. The largest absolute Gasteiger partial charge is 0.435 e. The Morgan fingerprint density at radius 1 is 1.08 bits per heavy atom. The van der Waals surface area contributed by atoms with Gasteiger partial charge in [-0.1, -0.05) is 0 Å². The predicted octanol–water partition coefficient (Wildman–Crippen LogP) is 2.10. The Morgan fingerprint density at radius 3 is 2.56 bits per heavy atom. The summed E-state index contributed by atoms with van der Waals surface area (Å²) in [5.74, 6) is 1.29. The van der Waals surface area contributed by atoms with E-state index in [9.17, 15) is 13.2 Å². The normalized spacial score (nSPS) is 17.4. The SMILES string of the molecule is CN(c1ccc(C(F)(F)F)nn1)C1CN(c2cc3c(nn2)CCC3)C1. The van der Waals surface area contributed by atoms with Crippen LogP contribution in [0.1, 0.15) is 23.4 Å². The molecular formula is C16H17F3N6. The van der Waals surface area contributed by atoms with Crippen molar-refractivity contribution in [1.29, 1.82) is 0 Å². The van der Waals surface area contributed by atoms with Gasteiger partial charge in [0.15, 0.2) is 17.3 Å². The molecule has 0 atom stereocenters. The molecule has 2 aromatic heterocycles. The Morgan fingerprint density at radius 2 is 1.88 bits per heavy atom. The van der Waals surface area contributed by atoms with Gasteiger partial charge >= 0.3 is 6.18 Å². The molecule has 4 rings (SSSR count). The minimum atomic E-state index is -4.47. The molecule has 1 aliphatic carbocycles. The van der Waals surface area contributed by atoms with Gasteiger partial charge in [-0.25, -0.2) is 0 Å². The Bertz CT molecular complexity index is 770. The van der Waals surface area contributed by atoms with Crippen molar-refractivity contribution in [2.45, 2.75) is 31.5 Å². The van der Waals surface area contributed by atoms with Crippen molar-refractivity contribution in [2.24, 2.45) is 0 Å². The van der Waals surface area contributed by atoms with Crippen LogP contribution in [0.2, 0.25) is 0 Å². The topological polar surface area (TPSA) is 58.0 Å². The van der Waals surface area contributed by atoms with Gasteiger partial charge in [-0.2, -0.15) is 18.3 Å². The maximum absolute atomic E-state index is 12.6. The van der Waals surface area contributed by atoms with Crippen LogP contribution in [-0.2, 0) is 19.0 Å². The highest BCUT2D eigenvalue weighted by atomic mass is 19.4. The Hall–Kier alpha value is -2.45. The van der Waals surface area contributed by atoms with Gasteiger partial charge < -0.3 is 9.80 Å². The molecule has 0 N–H and O–H groups in total. The first kappa shape index (κ1) is 16.0. The lowest BCUT2D eigenvalue weighted by molar-refractivity contribution is -0.141. The Kier molecular flexibility index (Phi) is 3.73. The summed E-state index contributed by atoms with van der Waals surface area (Å²) < 4.78 is 37.7. The number of anilines is 2. The highest BCUT2D eigenvalue weighted by Crippen LogP contribution is 2.29. The molecule has 132 valence electrons. The molecule has 2 aromatic rings. The number of alkyl halides is 3. The van der Waals surface area contributed by atoms with Crippen LogP contribution < -0.4 is 9.80 Å². The molecule has 0 bridgehead atoms. The van der Waals surface area contributed by atoms with Crippen LogP contribution in [0.25, 0.3) is 0 Å². The summed E-state index contributed by atoms with van der Waals surface area (Å²) in [5, 5.41) is 15.5. The third kappa shape index (κ3) is 2.98. The predicted molar refractivity (Wildman–Crippen MR) is 85.5 cm³/mol. The van der Waals surface area contributed by atoms with Crippen LogP contribution in [0, 0.1) is 0 Å². The minimum Gasteiger partial charge on any atom is -0.352 e. The molecule has 0 aromatic carbocycles. The van der Waals surface area contributed by atoms with Gasteiger partial charge in [0.2, 0.25) is 0 Å². The van der Waals surface area contributed by atoms with E-state index in [0.717, 1.165) is 49.9 Å². The first-order valence-corrected chi connectivity index (χ1v) is 8.16. The van der Waals surface area contributed by atoms with Crippen LogP contribution in [0.15, 0.2) is 18.2 Å². The third-order valence-corrected chi connectivity index (χ3v) is 4.84. The summed E-state index contributed by atoms with van der Waals surface area (Å²) in [6.07, 6.45) is -1.29. The van der Waals surface area contributed by atoms with Crippen LogP contribution in [-0.4, -0.2) is 46.6 Å². The van der Waals surface area contributed by atoms with E-state index in [2.05, 4.69) is 31.4 Å². The second-order valence-corrected chi connectivity index (χ2v) is 6.47. The number of hydrogen-bond acceptors (Lipinski definition) is 6. The summed E-state index contributed by atoms with van der Waals surface area (Å²) in [6, 6.07) is 4.57. The first-order chi connectivity index (χ1) is 11.9. The Balaban J connectivity index is 1.40. The molecule has 3 heterocycles. The van der Waals surface area contributed by atoms with E-state index in [1.54, 1.807) is 0 Å². The second-order valence-electron chi connectivity index (χ2n) is 6.47. The number of nitrogens with zero attached hydrogens (tertiary/aromatic N) is 6. The van der Waals surface area contributed by atoms with Crippen molar-refractivity contribution < 1.29 is 13.2 Å². The lowest BCUT2D eigenvalue weighted by Gasteiger charge is -2.44. The molecule has 0 unspecified atom stereocenters. The molecule has 0 saturated carbocycles. The van der Waals surface area contributed by atoms with Crippen molar-refractivity contribution in [1.82, 2.24) is 20.4 Å². The number of halogens is 3. The van der Waals surface area contributed by atoms with Crippen molar-refractivity contribution in [2.75, 3.05) is 29.9 Å². The van der Waals surface area contributed by atoms with Crippen molar-refractivity contribution in [3.63, 3.8) is 0 Å². The van der Waals surface area contributed by atoms with Gasteiger partial charge in [0, 0.05) is 20.1 Å². The van der Waals surface area contributed by atoms with E-state index in [-0.39, 0.29) is 6.04 Å². The molecule has 9 heteroatoms. The molecule has 2 aliphatic rings. The molecule has 0 radical (unpaired) electrons. The molecule has 25 heavy (non-hydrogen) atoms. The smallest absolute Gasteiger partial charge is 0.352 e. The average molecular weight is 350 g/mol. The number of likely N-dealkylation sites (N-methyl/N-ethyl adjacent to an activating group) is 1. The summed E-state index contributed by atoms with van der Waals surface area (Å²) in [4.78, 5) is 3.97. The third-order valence-electron chi connectivity index (χ3n) is 4.84. The fourth-order valence-corrected chi connectivity index (χ4v) is 3.21. The van der Waals surface area contributed by atoms with E-state index in [1.165, 1.54) is 11.6 Å². The van der Waals surface area contributed by atoms with E-state index in [4.69, 9.17) is 0 Å². The van der Waals surface area contributed by atoms with Gasteiger partial charge in [0.05, 0.1) is 11.7 Å². The van der Waals surface area contributed by atoms with Crippen molar-refractivity contribution >= 4 is 11.6 Å². The zero-order valence-corrected chi connectivity index (χ0v) is 13.7. The maximum Gasteiger partial charge on any atom is 0.435 e. The van der Waals surface area contributed by atoms with Crippen molar-refractivity contribution in [3.8, 4) is 0 Å². The summed E-state index contributed by atoms with van der Waals surface area (Å²) in [5.41, 5.74) is 1.39. The van der Waals surface area contributed by atoms with Crippen LogP contribution >= 0.6 is 0 Å². The molecule has 0 spiro atoms. The zero-order chi connectivity index (χ0) is 17.6. The lowest BCUT2D eigenvalue weighted by Crippen LogP contribution is -2.59. The summed E-state index contributed by atoms with van der Waals surface area (Å²) in [6.45, 7) is 1.46. The highest BCUT2D eigenvalue weighted by molar-refractivity contribution is 5.49. The molecular weight excluding hydrogens is 333 g/mol. The maximum atomic E-state index is 12.6. The second kappa shape index (κ2) is 5.82. The van der Waals surface area contributed by atoms with Gasteiger partial charge in [0.1, 0.15) is 0 Å². The van der Waals surface area contributed by atoms with Crippen molar-refractivity contribution in [3.05, 3.63) is 35.2 Å². The van der Waals surface area contributed by atoms with Crippen LogP contribution in [0.3, 0.4) is 0 Å². The molecule has 1 saturated heterocycles. The number of rotatable bonds is 3. The molecule has 0 amide bonds. The average Bonchev–Trinajstić information content (AvgIpc) is 3.00.